The van der Waals surface area contributed by atoms with Crippen molar-refractivity contribution in [2.45, 2.75) is 25.9 Å². The van der Waals surface area contributed by atoms with Crippen LogP contribution in [0.1, 0.15) is 31.7 Å². The molecule has 5 heteroatoms. The monoisotopic (exact) mass is 283 g/mol. The van der Waals surface area contributed by atoms with Gasteiger partial charge in [-0.3, -0.25) is 9.48 Å². The lowest BCUT2D eigenvalue weighted by molar-refractivity contribution is -0.124. The van der Waals surface area contributed by atoms with Crippen molar-refractivity contribution in [1.29, 1.82) is 0 Å². The molecule has 5 nitrogen and oxygen atoms in total. The van der Waals surface area contributed by atoms with Crippen molar-refractivity contribution >= 4 is 16.9 Å². The molecule has 1 amide bonds. The number of hydrogen-bond acceptors (Lipinski definition) is 3. The van der Waals surface area contributed by atoms with E-state index in [2.05, 4.69) is 10.4 Å². The third kappa shape index (κ3) is 2.67. The second-order valence-corrected chi connectivity index (χ2v) is 5.08. The fourth-order valence-electron chi connectivity index (χ4n) is 2.25. The first kappa shape index (κ1) is 13.4. The lowest BCUT2D eigenvalue weighted by Gasteiger charge is -2.16. The molecule has 108 valence electrons. The van der Waals surface area contributed by atoms with Gasteiger partial charge in [0.15, 0.2) is 0 Å². The van der Waals surface area contributed by atoms with Gasteiger partial charge in [-0.15, -0.1) is 0 Å². The van der Waals surface area contributed by atoms with E-state index in [0.29, 0.717) is 0 Å². The molecule has 0 aliphatic heterocycles. The third-order valence-electron chi connectivity index (χ3n) is 3.53. The molecule has 0 saturated carbocycles. The number of fused-ring (bicyclic) bond motifs is 1. The molecule has 1 N–H and O–H groups in total. The molecule has 0 saturated heterocycles. The summed E-state index contributed by atoms with van der Waals surface area (Å²) < 4.78 is 7.39. The van der Waals surface area contributed by atoms with Crippen LogP contribution in [0, 0.1) is 0 Å². The zero-order chi connectivity index (χ0) is 14.8. The molecule has 0 fully saturated rings. The zero-order valence-electron chi connectivity index (χ0n) is 12.0. The number of para-hydroxylation sites is 1. The van der Waals surface area contributed by atoms with Crippen molar-refractivity contribution in [1.82, 2.24) is 15.1 Å². The normalized spacial score (nSPS) is 14.0. The summed E-state index contributed by atoms with van der Waals surface area (Å²) in [6.45, 7) is 3.72. The summed E-state index contributed by atoms with van der Waals surface area (Å²) >= 11 is 0. The van der Waals surface area contributed by atoms with Gasteiger partial charge in [-0.2, -0.15) is 5.10 Å². The van der Waals surface area contributed by atoms with Crippen LogP contribution in [0.5, 0.6) is 0 Å². The molecule has 0 bridgehead atoms. The summed E-state index contributed by atoms with van der Waals surface area (Å²) in [5.41, 5.74) is 0.828. The van der Waals surface area contributed by atoms with E-state index in [4.69, 9.17) is 4.42 Å². The molecular formula is C16H17N3O2. The van der Waals surface area contributed by atoms with Crippen molar-refractivity contribution < 1.29 is 9.21 Å². The first-order valence-electron chi connectivity index (χ1n) is 6.93. The van der Waals surface area contributed by atoms with Gasteiger partial charge in [0.2, 0.25) is 5.91 Å². The molecule has 3 aromatic rings. The second kappa shape index (κ2) is 5.44. The van der Waals surface area contributed by atoms with Crippen LogP contribution in [-0.2, 0) is 4.79 Å². The Hall–Kier alpha value is -2.56. The molecule has 0 spiro atoms. The van der Waals surface area contributed by atoms with Crippen molar-refractivity contribution in [3.05, 3.63) is 54.6 Å². The van der Waals surface area contributed by atoms with Gasteiger partial charge in [-0.1, -0.05) is 18.2 Å². The molecular weight excluding hydrogens is 266 g/mol. The Bertz CT molecular complexity index is 713. The second-order valence-electron chi connectivity index (χ2n) is 5.08. The summed E-state index contributed by atoms with van der Waals surface area (Å²) in [6.07, 6.45) is 3.43. The average Bonchev–Trinajstić information content (AvgIpc) is 3.15. The minimum atomic E-state index is -0.355. The molecule has 2 unspecified atom stereocenters. The van der Waals surface area contributed by atoms with E-state index in [0.717, 1.165) is 16.7 Å². The number of nitrogens with one attached hydrogen (secondary N) is 1. The van der Waals surface area contributed by atoms with E-state index >= 15 is 0 Å². The van der Waals surface area contributed by atoms with Crippen molar-refractivity contribution in [3.8, 4) is 0 Å². The number of rotatable bonds is 4. The Morgan fingerprint density at radius 3 is 2.81 bits per heavy atom. The van der Waals surface area contributed by atoms with Crippen LogP contribution in [0.4, 0.5) is 0 Å². The van der Waals surface area contributed by atoms with Crippen molar-refractivity contribution in [3.63, 3.8) is 0 Å². The number of carbonyl (C=O) groups excluding carboxylic acids is 1. The van der Waals surface area contributed by atoms with E-state index in [9.17, 15) is 4.79 Å². The molecule has 2 aromatic heterocycles. The van der Waals surface area contributed by atoms with E-state index in [-0.39, 0.29) is 18.0 Å². The minimum Gasteiger partial charge on any atom is -0.459 e. The maximum Gasteiger partial charge on any atom is 0.245 e. The molecule has 2 atom stereocenters. The van der Waals surface area contributed by atoms with Gasteiger partial charge < -0.3 is 9.73 Å². The highest BCUT2D eigenvalue weighted by atomic mass is 16.3. The Kier molecular flexibility index (Phi) is 3.48. The van der Waals surface area contributed by atoms with Gasteiger partial charge in [0.05, 0.1) is 6.04 Å². The number of amides is 1. The fraction of sp³-hybridized carbons (Fsp3) is 0.250. The summed E-state index contributed by atoms with van der Waals surface area (Å²) in [6, 6.07) is 11.0. The van der Waals surface area contributed by atoms with Crippen LogP contribution in [0.15, 0.2) is 53.2 Å². The van der Waals surface area contributed by atoms with Crippen LogP contribution < -0.4 is 5.32 Å². The summed E-state index contributed by atoms with van der Waals surface area (Å²) in [5.74, 6) is 0.656. The number of aromatic nitrogens is 2. The van der Waals surface area contributed by atoms with Crippen LogP contribution in [0.2, 0.25) is 0 Å². The average molecular weight is 283 g/mol. The van der Waals surface area contributed by atoms with Gasteiger partial charge in [0.25, 0.3) is 0 Å². The van der Waals surface area contributed by atoms with Crippen LogP contribution >= 0.6 is 0 Å². The van der Waals surface area contributed by atoms with Gasteiger partial charge in [0, 0.05) is 17.8 Å². The van der Waals surface area contributed by atoms with Crippen molar-refractivity contribution in [2.75, 3.05) is 0 Å². The molecule has 3 rings (SSSR count). The summed E-state index contributed by atoms with van der Waals surface area (Å²) in [5, 5.41) is 8.07. The summed E-state index contributed by atoms with van der Waals surface area (Å²) in [7, 11) is 0. The van der Waals surface area contributed by atoms with Crippen molar-refractivity contribution in [2.24, 2.45) is 0 Å². The first-order valence-corrected chi connectivity index (χ1v) is 6.93. The number of carbonyl (C=O) groups is 1. The maximum atomic E-state index is 12.2. The van der Waals surface area contributed by atoms with Gasteiger partial charge in [0.1, 0.15) is 17.4 Å². The van der Waals surface area contributed by atoms with Crippen LogP contribution in [0.3, 0.4) is 0 Å². The topological polar surface area (TPSA) is 60.1 Å². The lowest BCUT2D eigenvalue weighted by atomic mass is 10.2. The molecule has 21 heavy (non-hydrogen) atoms. The Morgan fingerprint density at radius 2 is 2.10 bits per heavy atom. The van der Waals surface area contributed by atoms with E-state index in [1.165, 1.54) is 0 Å². The zero-order valence-corrected chi connectivity index (χ0v) is 12.0. The maximum absolute atomic E-state index is 12.2. The number of furan rings is 1. The van der Waals surface area contributed by atoms with Crippen LogP contribution in [-0.4, -0.2) is 15.7 Å². The lowest BCUT2D eigenvalue weighted by Crippen LogP contribution is -2.33. The highest BCUT2D eigenvalue weighted by Gasteiger charge is 2.19. The highest BCUT2D eigenvalue weighted by molar-refractivity contribution is 5.81. The predicted molar refractivity (Wildman–Crippen MR) is 79.7 cm³/mol. The smallest absolute Gasteiger partial charge is 0.245 e. The SMILES string of the molecule is CC(NC(=O)C(C)n1cccn1)c1cc2ccccc2o1. The van der Waals surface area contributed by atoms with E-state index < -0.39 is 0 Å². The predicted octanol–water partition coefficient (Wildman–Crippen LogP) is 3.07. The van der Waals surface area contributed by atoms with Gasteiger partial charge >= 0.3 is 0 Å². The van der Waals surface area contributed by atoms with E-state index in [1.54, 1.807) is 23.1 Å². The Labute approximate surface area is 122 Å². The fourth-order valence-corrected chi connectivity index (χ4v) is 2.25. The summed E-state index contributed by atoms with van der Waals surface area (Å²) in [4.78, 5) is 12.2. The molecule has 0 radical (unpaired) electrons. The quantitative estimate of drug-likeness (QED) is 0.800. The van der Waals surface area contributed by atoms with Gasteiger partial charge in [-0.05, 0) is 32.0 Å². The Balaban J connectivity index is 1.73. The molecule has 0 aliphatic carbocycles. The van der Waals surface area contributed by atoms with E-state index in [1.807, 2.05) is 44.2 Å². The number of hydrogen-bond donors (Lipinski definition) is 1. The largest absolute Gasteiger partial charge is 0.459 e. The first-order chi connectivity index (χ1) is 10.1. The minimum absolute atomic E-state index is 0.0911. The van der Waals surface area contributed by atoms with Gasteiger partial charge in [-0.25, -0.2) is 0 Å². The highest BCUT2D eigenvalue weighted by Crippen LogP contribution is 2.23. The Morgan fingerprint density at radius 1 is 1.29 bits per heavy atom. The molecule has 1 aromatic carbocycles. The standard InChI is InChI=1S/C16H17N3O2/c1-11(15-10-13-6-3-4-7-14(13)21-15)18-16(20)12(2)19-9-5-8-17-19/h3-12H,1-2H3,(H,18,20). The third-order valence-corrected chi connectivity index (χ3v) is 3.53. The number of benzene rings is 1. The molecule has 0 aliphatic rings. The van der Waals surface area contributed by atoms with Crippen LogP contribution in [0.25, 0.3) is 11.0 Å². The number of nitrogens with zero attached hydrogens (tertiary/aromatic N) is 2. The molecule has 2 heterocycles.